The Hall–Kier alpha value is 0.137. The van der Waals surface area contributed by atoms with E-state index in [1.807, 2.05) is 0 Å². The molecule has 0 spiro atoms. The summed E-state index contributed by atoms with van der Waals surface area (Å²) in [5.74, 6) is 0. The lowest BCUT2D eigenvalue weighted by molar-refractivity contribution is 0.0938. The Morgan fingerprint density at radius 1 is 1.07 bits per heavy atom. The second-order valence-electron chi connectivity index (χ2n) is 3.93. The van der Waals surface area contributed by atoms with Crippen LogP contribution in [-0.2, 0) is 9.16 Å². The predicted octanol–water partition coefficient (Wildman–Crippen LogP) is 3.43. The van der Waals surface area contributed by atoms with Crippen molar-refractivity contribution in [3.63, 3.8) is 0 Å². The molecule has 0 aromatic rings. The fraction of sp³-hybridized carbons (Fsp3) is 1.00. The molecule has 0 fully saturated rings. The van der Waals surface area contributed by atoms with Gasteiger partial charge in [0.15, 0.2) is 8.32 Å². The van der Waals surface area contributed by atoms with Crippen molar-refractivity contribution >= 4 is 8.32 Å². The van der Waals surface area contributed by atoms with Gasteiger partial charge in [0.2, 0.25) is 0 Å². The molecule has 1 unspecified atom stereocenters. The van der Waals surface area contributed by atoms with Crippen molar-refractivity contribution in [1.29, 1.82) is 0 Å². The molecule has 0 saturated heterocycles. The van der Waals surface area contributed by atoms with E-state index in [-0.39, 0.29) is 0 Å². The average molecular weight is 218 g/mol. The Labute approximate surface area is 90.1 Å². The molecule has 2 nitrogen and oxygen atoms in total. The van der Waals surface area contributed by atoms with Crippen LogP contribution in [0.3, 0.4) is 0 Å². The number of hydrogen-bond acceptors (Lipinski definition) is 2. The summed E-state index contributed by atoms with van der Waals surface area (Å²) in [6, 6.07) is 3.71. The molecule has 0 aliphatic rings. The molecule has 0 amide bonds. The topological polar surface area (TPSA) is 18.5 Å². The molecule has 86 valence electrons. The minimum atomic E-state index is -1.35. The van der Waals surface area contributed by atoms with Gasteiger partial charge in [-0.25, -0.2) is 0 Å². The molecule has 0 heterocycles. The van der Waals surface area contributed by atoms with E-state index in [1.54, 1.807) is 7.11 Å². The summed E-state index contributed by atoms with van der Waals surface area (Å²) in [4.78, 5) is 0. The van der Waals surface area contributed by atoms with Gasteiger partial charge < -0.3 is 9.16 Å². The second-order valence-corrected chi connectivity index (χ2v) is 8.70. The smallest absolute Gasteiger partial charge is 0.191 e. The van der Waals surface area contributed by atoms with E-state index >= 15 is 0 Å². The van der Waals surface area contributed by atoms with Gasteiger partial charge >= 0.3 is 0 Å². The molecule has 3 heteroatoms. The van der Waals surface area contributed by atoms with E-state index in [0.29, 0.717) is 6.10 Å². The largest absolute Gasteiger partial charge is 0.417 e. The summed E-state index contributed by atoms with van der Waals surface area (Å²) in [5.41, 5.74) is 0. The van der Waals surface area contributed by atoms with Crippen LogP contribution in [0.4, 0.5) is 0 Å². The van der Waals surface area contributed by atoms with Crippen molar-refractivity contribution in [1.82, 2.24) is 0 Å². The van der Waals surface area contributed by atoms with Crippen molar-refractivity contribution in [3.05, 3.63) is 0 Å². The van der Waals surface area contributed by atoms with Crippen LogP contribution in [0.5, 0.6) is 0 Å². The van der Waals surface area contributed by atoms with E-state index in [1.165, 1.54) is 18.1 Å². The SMILES string of the molecule is CC[Si](CC)(CC)OCCC(C)OC. The van der Waals surface area contributed by atoms with Crippen LogP contribution in [0.2, 0.25) is 18.1 Å². The molecule has 14 heavy (non-hydrogen) atoms. The zero-order valence-electron chi connectivity index (χ0n) is 10.4. The maximum atomic E-state index is 6.11. The minimum absolute atomic E-state index is 0.326. The van der Waals surface area contributed by atoms with Crippen LogP contribution >= 0.6 is 0 Å². The van der Waals surface area contributed by atoms with Crippen molar-refractivity contribution in [3.8, 4) is 0 Å². The Balaban J connectivity index is 3.82. The molecule has 1 atom stereocenters. The van der Waals surface area contributed by atoms with Crippen LogP contribution in [0, 0.1) is 0 Å². The molecule has 0 saturated carbocycles. The lowest BCUT2D eigenvalue weighted by Gasteiger charge is -2.28. The third kappa shape index (κ3) is 4.58. The number of rotatable bonds is 8. The van der Waals surface area contributed by atoms with Gasteiger partial charge in [0.05, 0.1) is 6.10 Å². The normalized spacial score (nSPS) is 14.4. The van der Waals surface area contributed by atoms with E-state index in [2.05, 4.69) is 27.7 Å². The summed E-state index contributed by atoms with van der Waals surface area (Å²) >= 11 is 0. The van der Waals surface area contributed by atoms with Crippen LogP contribution < -0.4 is 0 Å². The first kappa shape index (κ1) is 14.1. The molecule has 0 N–H and O–H groups in total. The third-order valence-electron chi connectivity index (χ3n) is 3.27. The zero-order valence-corrected chi connectivity index (χ0v) is 11.4. The van der Waals surface area contributed by atoms with Crippen LogP contribution in [0.1, 0.15) is 34.1 Å². The first-order chi connectivity index (χ1) is 6.64. The van der Waals surface area contributed by atoms with Crippen molar-refractivity contribution < 1.29 is 9.16 Å². The average Bonchev–Trinajstić information content (AvgIpc) is 2.25. The molecule has 0 bridgehead atoms. The Bertz CT molecular complexity index is 127. The molecule has 0 aromatic heterocycles. The number of methoxy groups -OCH3 is 1. The third-order valence-corrected chi connectivity index (χ3v) is 7.95. The van der Waals surface area contributed by atoms with Gasteiger partial charge in [-0.2, -0.15) is 0 Å². The van der Waals surface area contributed by atoms with Gasteiger partial charge in [0.25, 0.3) is 0 Å². The second kappa shape index (κ2) is 7.43. The van der Waals surface area contributed by atoms with Gasteiger partial charge in [0, 0.05) is 13.7 Å². The quantitative estimate of drug-likeness (QED) is 0.581. The first-order valence-corrected chi connectivity index (χ1v) is 8.33. The minimum Gasteiger partial charge on any atom is -0.417 e. The molecule has 0 radical (unpaired) electrons. The predicted molar refractivity (Wildman–Crippen MR) is 64.2 cm³/mol. The number of ether oxygens (including phenoxy) is 1. The summed E-state index contributed by atoms with van der Waals surface area (Å²) in [5, 5.41) is 0. The van der Waals surface area contributed by atoms with E-state index in [9.17, 15) is 0 Å². The molecule has 0 aromatic carbocycles. The summed E-state index contributed by atoms with van der Waals surface area (Å²) in [6.07, 6.45) is 1.35. The maximum absolute atomic E-state index is 6.11. The van der Waals surface area contributed by atoms with Gasteiger partial charge in [-0.15, -0.1) is 0 Å². The Morgan fingerprint density at radius 2 is 1.57 bits per heavy atom. The van der Waals surface area contributed by atoms with Gasteiger partial charge in [0.1, 0.15) is 0 Å². The Morgan fingerprint density at radius 3 is 1.93 bits per heavy atom. The first-order valence-electron chi connectivity index (χ1n) is 5.80. The highest BCUT2D eigenvalue weighted by Crippen LogP contribution is 2.21. The van der Waals surface area contributed by atoms with E-state index < -0.39 is 8.32 Å². The highest BCUT2D eigenvalue weighted by atomic mass is 28.4. The highest BCUT2D eigenvalue weighted by molar-refractivity contribution is 6.73. The summed E-state index contributed by atoms with van der Waals surface area (Å²) in [7, 11) is 0.406. The lowest BCUT2D eigenvalue weighted by Crippen LogP contribution is -2.36. The maximum Gasteiger partial charge on any atom is 0.191 e. The summed E-state index contributed by atoms with van der Waals surface area (Å²) in [6.45, 7) is 9.75. The van der Waals surface area contributed by atoms with Gasteiger partial charge in [-0.05, 0) is 31.5 Å². The highest BCUT2D eigenvalue weighted by Gasteiger charge is 2.28. The van der Waals surface area contributed by atoms with Crippen molar-refractivity contribution in [2.45, 2.75) is 58.4 Å². The van der Waals surface area contributed by atoms with Crippen molar-refractivity contribution in [2.75, 3.05) is 13.7 Å². The van der Waals surface area contributed by atoms with Gasteiger partial charge in [-0.1, -0.05) is 20.8 Å². The summed E-state index contributed by atoms with van der Waals surface area (Å²) < 4.78 is 11.3. The molecular formula is C11H26O2Si. The van der Waals surface area contributed by atoms with Crippen molar-refractivity contribution in [2.24, 2.45) is 0 Å². The standard InChI is InChI=1S/C11H26O2Si/c1-6-14(7-2,8-3)13-10-9-11(4)12-5/h11H,6-10H2,1-5H3. The van der Waals surface area contributed by atoms with E-state index in [4.69, 9.17) is 9.16 Å². The Kier molecular flexibility index (Phi) is 7.50. The monoisotopic (exact) mass is 218 g/mol. The fourth-order valence-electron chi connectivity index (χ4n) is 1.62. The van der Waals surface area contributed by atoms with E-state index in [0.717, 1.165) is 13.0 Å². The molecular weight excluding hydrogens is 192 g/mol. The molecule has 0 aliphatic carbocycles. The number of hydrogen-bond donors (Lipinski definition) is 0. The van der Waals surface area contributed by atoms with Crippen LogP contribution in [0.15, 0.2) is 0 Å². The lowest BCUT2D eigenvalue weighted by atomic mass is 10.3. The van der Waals surface area contributed by atoms with Gasteiger partial charge in [-0.3, -0.25) is 0 Å². The fourth-order valence-corrected chi connectivity index (χ4v) is 4.28. The van der Waals surface area contributed by atoms with Crippen LogP contribution in [-0.4, -0.2) is 28.1 Å². The zero-order chi connectivity index (χ0) is 11.0. The molecule has 0 aliphatic heterocycles. The molecule has 0 rings (SSSR count). The van der Waals surface area contributed by atoms with Crippen LogP contribution in [0.25, 0.3) is 0 Å².